The van der Waals surface area contributed by atoms with Crippen LogP contribution in [0.15, 0.2) is 43.5 Å². The summed E-state index contributed by atoms with van der Waals surface area (Å²) in [7, 11) is 0. The topological polar surface area (TPSA) is 83.5 Å². The molecule has 0 aliphatic rings. The van der Waals surface area contributed by atoms with Crippen molar-refractivity contribution in [2.45, 2.75) is 18.7 Å². The van der Waals surface area contributed by atoms with E-state index < -0.39 is 17.2 Å². The molecule has 2 N–H and O–H groups in total. The lowest BCUT2D eigenvalue weighted by molar-refractivity contribution is -0.764. The number of nitrogens with one attached hydrogen (secondary N) is 1. The molecule has 114 valence electrons. The van der Waals surface area contributed by atoms with Gasteiger partial charge in [-0.3, -0.25) is 0 Å². The van der Waals surface area contributed by atoms with E-state index in [-0.39, 0.29) is 18.7 Å². The molecule has 22 heavy (non-hydrogen) atoms. The van der Waals surface area contributed by atoms with E-state index in [1.807, 2.05) is 0 Å². The van der Waals surface area contributed by atoms with E-state index in [0.717, 1.165) is 12.1 Å². The van der Waals surface area contributed by atoms with Crippen LogP contribution in [-0.2, 0) is 18.7 Å². The predicted molar refractivity (Wildman–Crippen MR) is 69.1 cm³/mol. The van der Waals surface area contributed by atoms with Crippen LogP contribution in [0.1, 0.15) is 5.56 Å². The number of benzene rings is 1. The fourth-order valence-corrected chi connectivity index (χ4v) is 2.29. The maximum absolute atomic E-state index is 14.1. The highest BCUT2D eigenvalue weighted by atomic mass is 19.1. The number of aromatic nitrogens is 6. The van der Waals surface area contributed by atoms with Crippen molar-refractivity contribution in [2.75, 3.05) is 0 Å². The summed E-state index contributed by atoms with van der Waals surface area (Å²) in [6, 6.07) is 3.06. The Bertz CT molecular complexity index is 708. The molecule has 0 saturated heterocycles. The molecule has 9 heteroatoms. The average Bonchev–Trinajstić information content (AvgIpc) is 3.12. The third kappa shape index (κ3) is 2.84. The van der Waals surface area contributed by atoms with Crippen LogP contribution in [0.3, 0.4) is 0 Å². The number of halogens is 2. The highest BCUT2D eigenvalue weighted by Crippen LogP contribution is 2.26. The fourth-order valence-electron chi connectivity index (χ4n) is 2.29. The van der Waals surface area contributed by atoms with Crippen molar-refractivity contribution in [3.63, 3.8) is 0 Å². The lowest BCUT2D eigenvalue weighted by Gasteiger charge is -2.26. The molecule has 0 aliphatic heterocycles. The number of rotatable bonds is 5. The lowest BCUT2D eigenvalue weighted by Crippen LogP contribution is -2.49. The van der Waals surface area contributed by atoms with Crippen LogP contribution in [0.25, 0.3) is 0 Å². The molecule has 0 aliphatic carbocycles. The Morgan fingerprint density at radius 2 is 2.18 bits per heavy atom. The number of aromatic amines is 1. The Morgan fingerprint density at radius 3 is 2.82 bits per heavy atom. The summed E-state index contributed by atoms with van der Waals surface area (Å²) < 4.78 is 30.1. The van der Waals surface area contributed by atoms with Gasteiger partial charge < -0.3 is 5.11 Å². The maximum Gasteiger partial charge on any atom is 0.306 e. The maximum atomic E-state index is 14.1. The smallest absolute Gasteiger partial charge is 0.306 e. The Hall–Kier alpha value is -2.68. The van der Waals surface area contributed by atoms with E-state index in [9.17, 15) is 13.9 Å². The Morgan fingerprint density at radius 1 is 1.32 bits per heavy atom. The van der Waals surface area contributed by atoms with E-state index in [1.165, 1.54) is 40.7 Å². The molecule has 0 spiro atoms. The van der Waals surface area contributed by atoms with Crippen molar-refractivity contribution in [1.29, 1.82) is 0 Å². The second-order valence-corrected chi connectivity index (χ2v) is 4.90. The summed E-state index contributed by atoms with van der Waals surface area (Å²) in [4.78, 5) is 7.63. The van der Waals surface area contributed by atoms with Crippen LogP contribution in [0.2, 0.25) is 0 Å². The first-order valence-corrected chi connectivity index (χ1v) is 6.45. The zero-order valence-electron chi connectivity index (χ0n) is 11.4. The molecule has 3 aromatic rings. The van der Waals surface area contributed by atoms with Gasteiger partial charge in [-0.25, -0.2) is 18.4 Å². The number of nitrogens with zero attached hydrogens (tertiary/aromatic N) is 5. The molecule has 0 saturated carbocycles. The van der Waals surface area contributed by atoms with E-state index in [1.54, 1.807) is 0 Å². The largest absolute Gasteiger partial charge is 0.379 e. The standard InChI is InChI=1S/C13H12F2N6O/c14-10-1-2-11(12(15)3-10)13(22,4-20-8-16-6-18-20)5-21-9-17-7-19-21/h1-3,6-9,22H,4-5H2/p+1. The second-order valence-electron chi connectivity index (χ2n) is 4.90. The quantitative estimate of drug-likeness (QED) is 0.658. The van der Waals surface area contributed by atoms with Crippen molar-refractivity contribution in [3.8, 4) is 0 Å². The van der Waals surface area contributed by atoms with Crippen molar-refractivity contribution < 1.29 is 18.6 Å². The van der Waals surface area contributed by atoms with E-state index in [0.29, 0.717) is 0 Å². The van der Waals surface area contributed by atoms with E-state index in [2.05, 4.69) is 20.2 Å². The molecule has 7 nitrogen and oxygen atoms in total. The summed E-state index contributed by atoms with van der Waals surface area (Å²) in [6.07, 6.45) is 5.60. The monoisotopic (exact) mass is 307 g/mol. The molecule has 2 aromatic heterocycles. The summed E-state index contributed by atoms with van der Waals surface area (Å²) in [5.74, 6) is -1.54. The minimum Gasteiger partial charge on any atom is -0.379 e. The minimum absolute atomic E-state index is 0.0184. The van der Waals surface area contributed by atoms with Gasteiger partial charge in [0.1, 0.15) is 30.8 Å². The van der Waals surface area contributed by atoms with Gasteiger partial charge in [0, 0.05) is 11.6 Å². The third-order valence-corrected chi connectivity index (χ3v) is 3.26. The van der Waals surface area contributed by atoms with Gasteiger partial charge in [0.2, 0.25) is 6.33 Å². The lowest BCUT2D eigenvalue weighted by atomic mass is 9.93. The summed E-state index contributed by atoms with van der Waals surface area (Å²) in [5.41, 5.74) is -1.70. The highest BCUT2D eigenvalue weighted by molar-refractivity contribution is 5.24. The molecule has 1 atom stereocenters. The molecule has 0 fully saturated rings. The van der Waals surface area contributed by atoms with Gasteiger partial charge in [-0.15, -0.1) is 0 Å². The van der Waals surface area contributed by atoms with E-state index in [4.69, 9.17) is 0 Å². The molecule has 0 unspecified atom stereocenters. The van der Waals surface area contributed by atoms with E-state index >= 15 is 0 Å². The van der Waals surface area contributed by atoms with Crippen molar-refractivity contribution in [3.05, 3.63) is 60.7 Å². The number of H-pyrrole nitrogens is 1. The van der Waals surface area contributed by atoms with Crippen LogP contribution < -0.4 is 4.68 Å². The van der Waals surface area contributed by atoms with Crippen LogP contribution in [0.5, 0.6) is 0 Å². The summed E-state index contributed by atoms with van der Waals surface area (Å²) in [5, 5.41) is 17.7. The zero-order valence-corrected chi connectivity index (χ0v) is 11.4. The summed E-state index contributed by atoms with van der Waals surface area (Å²) >= 11 is 0. The van der Waals surface area contributed by atoms with Gasteiger partial charge in [-0.1, -0.05) is 6.07 Å². The first-order valence-electron chi connectivity index (χ1n) is 6.45. The number of hydrogen-bond donors (Lipinski definition) is 2. The minimum atomic E-state index is -1.66. The van der Waals surface area contributed by atoms with Gasteiger partial charge in [-0.2, -0.15) is 14.9 Å². The van der Waals surface area contributed by atoms with Crippen LogP contribution in [0.4, 0.5) is 8.78 Å². The summed E-state index contributed by atoms with van der Waals surface area (Å²) in [6.45, 7) is -0.0724. The molecule has 1 aromatic carbocycles. The number of aliphatic hydroxyl groups is 1. The molecule has 0 bridgehead atoms. The Balaban J connectivity index is 2.01. The van der Waals surface area contributed by atoms with Crippen molar-refractivity contribution >= 4 is 0 Å². The number of hydrogen-bond acceptors (Lipinski definition) is 4. The molecular weight excluding hydrogens is 294 g/mol. The second kappa shape index (κ2) is 5.60. The molecule has 3 rings (SSSR count). The fraction of sp³-hybridized carbons (Fsp3) is 0.231. The Kier molecular flexibility index (Phi) is 3.63. The zero-order chi connectivity index (χ0) is 15.6. The van der Waals surface area contributed by atoms with Gasteiger partial charge in [-0.05, 0) is 11.1 Å². The Labute approximate surface area is 123 Å². The van der Waals surface area contributed by atoms with Gasteiger partial charge >= 0.3 is 6.33 Å². The predicted octanol–water partition coefficient (Wildman–Crippen LogP) is 0.155. The van der Waals surface area contributed by atoms with Crippen molar-refractivity contribution in [1.82, 2.24) is 24.8 Å². The molecule has 2 heterocycles. The van der Waals surface area contributed by atoms with Crippen molar-refractivity contribution in [2.24, 2.45) is 0 Å². The average molecular weight is 307 g/mol. The first kappa shape index (κ1) is 14.3. The van der Waals surface area contributed by atoms with Gasteiger partial charge in [0.25, 0.3) is 0 Å². The SMILES string of the molecule is O[C@@](Cn1cncn1)(C[n+]1cnc[nH]1)c1ccc(F)cc1F. The van der Waals surface area contributed by atoms with Gasteiger partial charge in [0.05, 0.1) is 6.54 Å². The first-order chi connectivity index (χ1) is 10.6. The van der Waals surface area contributed by atoms with Crippen LogP contribution >= 0.6 is 0 Å². The normalized spacial score (nSPS) is 14.0. The van der Waals surface area contributed by atoms with Gasteiger partial charge in [0.15, 0.2) is 5.60 Å². The third-order valence-electron chi connectivity index (χ3n) is 3.26. The van der Waals surface area contributed by atoms with Crippen LogP contribution in [-0.4, -0.2) is 30.0 Å². The highest BCUT2D eigenvalue weighted by Gasteiger charge is 2.36. The molecule has 0 radical (unpaired) electrons. The molecular formula is C13H13F2N6O+. The molecule has 0 amide bonds. The van der Waals surface area contributed by atoms with Crippen LogP contribution in [0, 0.1) is 11.6 Å².